The molecule has 0 aliphatic carbocycles. The highest BCUT2D eigenvalue weighted by molar-refractivity contribution is 5.91. The SMILES string of the molecule is N=C(N)/N=C/c1cccc([N+](=O)[O-])c1. The molecular formula is C8H8N4O2. The van der Waals surface area contributed by atoms with E-state index in [1.165, 1.54) is 18.3 Å². The molecule has 6 nitrogen and oxygen atoms in total. The van der Waals surface area contributed by atoms with Crippen LogP contribution in [0.1, 0.15) is 5.56 Å². The molecule has 1 aromatic carbocycles. The van der Waals surface area contributed by atoms with E-state index in [2.05, 4.69) is 4.99 Å². The number of nitrogens with two attached hydrogens (primary N) is 1. The summed E-state index contributed by atoms with van der Waals surface area (Å²) in [7, 11) is 0. The average molecular weight is 192 g/mol. The lowest BCUT2D eigenvalue weighted by molar-refractivity contribution is -0.384. The summed E-state index contributed by atoms with van der Waals surface area (Å²) in [6, 6.07) is 5.91. The Bertz CT molecular complexity index is 400. The van der Waals surface area contributed by atoms with Crippen molar-refractivity contribution in [2.75, 3.05) is 0 Å². The number of nitrogens with zero attached hydrogens (tertiary/aromatic N) is 2. The third kappa shape index (κ3) is 2.67. The summed E-state index contributed by atoms with van der Waals surface area (Å²) in [5.41, 5.74) is 5.51. The predicted octanol–water partition coefficient (Wildman–Crippen LogP) is 0.907. The molecule has 0 radical (unpaired) electrons. The van der Waals surface area contributed by atoms with Gasteiger partial charge in [0.2, 0.25) is 5.96 Å². The van der Waals surface area contributed by atoms with Crippen LogP contribution in [0.3, 0.4) is 0 Å². The van der Waals surface area contributed by atoms with Gasteiger partial charge in [-0.1, -0.05) is 12.1 Å². The van der Waals surface area contributed by atoms with E-state index in [0.29, 0.717) is 5.56 Å². The van der Waals surface area contributed by atoms with Crippen LogP contribution in [0.2, 0.25) is 0 Å². The number of hydrogen-bond donors (Lipinski definition) is 2. The van der Waals surface area contributed by atoms with Gasteiger partial charge in [-0.2, -0.15) is 0 Å². The minimum absolute atomic E-state index is 0.0162. The number of benzene rings is 1. The van der Waals surface area contributed by atoms with E-state index in [1.807, 2.05) is 0 Å². The first-order valence-electron chi connectivity index (χ1n) is 3.72. The topological polar surface area (TPSA) is 105 Å². The van der Waals surface area contributed by atoms with Crippen molar-refractivity contribution in [1.82, 2.24) is 0 Å². The zero-order valence-electron chi connectivity index (χ0n) is 7.18. The van der Waals surface area contributed by atoms with Crippen LogP contribution in [0.15, 0.2) is 29.3 Å². The van der Waals surface area contributed by atoms with Crippen molar-refractivity contribution in [3.05, 3.63) is 39.9 Å². The van der Waals surface area contributed by atoms with Gasteiger partial charge in [0.1, 0.15) is 0 Å². The van der Waals surface area contributed by atoms with Gasteiger partial charge in [0.15, 0.2) is 0 Å². The van der Waals surface area contributed by atoms with Gasteiger partial charge >= 0.3 is 0 Å². The summed E-state index contributed by atoms with van der Waals surface area (Å²) in [4.78, 5) is 13.4. The number of nitro benzene ring substituents is 1. The Morgan fingerprint density at radius 3 is 2.93 bits per heavy atom. The fourth-order valence-electron chi connectivity index (χ4n) is 0.863. The van der Waals surface area contributed by atoms with Crippen molar-refractivity contribution in [2.24, 2.45) is 10.7 Å². The first kappa shape index (κ1) is 9.85. The third-order valence-corrected chi connectivity index (χ3v) is 1.43. The molecule has 0 heterocycles. The largest absolute Gasteiger partial charge is 0.368 e. The summed E-state index contributed by atoms with van der Waals surface area (Å²) in [5, 5.41) is 17.2. The van der Waals surface area contributed by atoms with E-state index in [1.54, 1.807) is 12.1 Å². The zero-order valence-corrected chi connectivity index (χ0v) is 7.18. The van der Waals surface area contributed by atoms with Crippen LogP contribution in [-0.4, -0.2) is 17.1 Å². The first-order valence-corrected chi connectivity index (χ1v) is 3.72. The fourth-order valence-corrected chi connectivity index (χ4v) is 0.863. The zero-order chi connectivity index (χ0) is 10.6. The van der Waals surface area contributed by atoms with Crippen molar-refractivity contribution < 1.29 is 4.92 Å². The highest BCUT2D eigenvalue weighted by Crippen LogP contribution is 2.11. The number of rotatable bonds is 2. The van der Waals surface area contributed by atoms with Crippen molar-refractivity contribution >= 4 is 17.9 Å². The summed E-state index contributed by atoms with van der Waals surface area (Å²) in [6.45, 7) is 0. The minimum Gasteiger partial charge on any atom is -0.368 e. The van der Waals surface area contributed by atoms with Gasteiger partial charge in [-0.05, 0) is 5.56 Å². The minimum atomic E-state index is -0.495. The summed E-state index contributed by atoms with van der Waals surface area (Å²) in [6.07, 6.45) is 1.30. The molecule has 0 bridgehead atoms. The number of guanidine groups is 1. The molecule has 0 amide bonds. The summed E-state index contributed by atoms with van der Waals surface area (Å²) >= 11 is 0. The van der Waals surface area contributed by atoms with Gasteiger partial charge in [0.05, 0.1) is 4.92 Å². The van der Waals surface area contributed by atoms with E-state index in [0.717, 1.165) is 0 Å². The van der Waals surface area contributed by atoms with Crippen LogP contribution in [0, 0.1) is 15.5 Å². The Balaban J connectivity index is 2.94. The van der Waals surface area contributed by atoms with Crippen molar-refractivity contribution in [3.8, 4) is 0 Å². The second kappa shape index (κ2) is 4.13. The van der Waals surface area contributed by atoms with Crippen molar-refractivity contribution in [1.29, 1.82) is 5.41 Å². The molecule has 0 aliphatic rings. The van der Waals surface area contributed by atoms with Crippen molar-refractivity contribution in [2.45, 2.75) is 0 Å². The maximum Gasteiger partial charge on any atom is 0.270 e. The number of nitro groups is 1. The third-order valence-electron chi connectivity index (χ3n) is 1.43. The fraction of sp³-hybridized carbons (Fsp3) is 0. The molecule has 0 aliphatic heterocycles. The van der Waals surface area contributed by atoms with Crippen LogP contribution in [0.4, 0.5) is 5.69 Å². The highest BCUT2D eigenvalue weighted by Gasteiger charge is 2.03. The highest BCUT2D eigenvalue weighted by atomic mass is 16.6. The summed E-state index contributed by atoms with van der Waals surface area (Å²) < 4.78 is 0. The second-order valence-electron chi connectivity index (χ2n) is 2.50. The Morgan fingerprint density at radius 1 is 1.64 bits per heavy atom. The Hall–Kier alpha value is -2.24. The first-order chi connectivity index (χ1) is 6.59. The number of hydrogen-bond acceptors (Lipinski definition) is 3. The van der Waals surface area contributed by atoms with Crippen LogP contribution >= 0.6 is 0 Å². The number of aliphatic imine (C=N–C) groups is 1. The molecule has 0 unspecified atom stereocenters. The van der Waals surface area contributed by atoms with E-state index in [9.17, 15) is 10.1 Å². The molecule has 6 heteroatoms. The molecule has 3 N–H and O–H groups in total. The normalized spacial score (nSPS) is 10.3. The number of nitrogens with one attached hydrogen (secondary N) is 1. The van der Waals surface area contributed by atoms with Crippen LogP contribution in [0.25, 0.3) is 0 Å². The molecule has 0 fully saturated rings. The van der Waals surface area contributed by atoms with Gasteiger partial charge in [0.25, 0.3) is 5.69 Å². The molecule has 0 aromatic heterocycles. The molecule has 0 spiro atoms. The van der Waals surface area contributed by atoms with Gasteiger partial charge in [0, 0.05) is 18.3 Å². The van der Waals surface area contributed by atoms with Gasteiger partial charge in [-0.15, -0.1) is 0 Å². The van der Waals surface area contributed by atoms with Gasteiger partial charge in [-0.3, -0.25) is 15.5 Å². The van der Waals surface area contributed by atoms with Gasteiger partial charge in [-0.25, -0.2) is 4.99 Å². The van der Waals surface area contributed by atoms with E-state index in [4.69, 9.17) is 11.1 Å². The molecular weight excluding hydrogens is 184 g/mol. The average Bonchev–Trinajstić information content (AvgIpc) is 2.15. The lowest BCUT2D eigenvalue weighted by atomic mass is 10.2. The van der Waals surface area contributed by atoms with Crippen LogP contribution in [-0.2, 0) is 0 Å². The lowest BCUT2D eigenvalue weighted by Gasteiger charge is -1.93. The smallest absolute Gasteiger partial charge is 0.270 e. The lowest BCUT2D eigenvalue weighted by Crippen LogP contribution is -2.05. The predicted molar refractivity (Wildman–Crippen MR) is 52.6 cm³/mol. The maximum absolute atomic E-state index is 10.4. The quantitative estimate of drug-likeness (QED) is 0.314. The Morgan fingerprint density at radius 2 is 2.36 bits per heavy atom. The standard InChI is InChI=1S/C8H8N4O2/c9-8(10)11-5-6-2-1-3-7(4-6)12(13)14/h1-5H,(H3,9,10)/b11-5+. The molecule has 72 valence electrons. The number of non-ortho nitro benzene ring substituents is 1. The van der Waals surface area contributed by atoms with E-state index >= 15 is 0 Å². The second-order valence-corrected chi connectivity index (χ2v) is 2.50. The van der Waals surface area contributed by atoms with Crippen molar-refractivity contribution in [3.63, 3.8) is 0 Å². The summed E-state index contributed by atoms with van der Waals surface area (Å²) in [5.74, 6) is -0.337. The molecule has 0 saturated heterocycles. The maximum atomic E-state index is 10.4. The molecule has 14 heavy (non-hydrogen) atoms. The Kier molecular flexibility index (Phi) is 2.90. The molecule has 0 saturated carbocycles. The van der Waals surface area contributed by atoms with E-state index in [-0.39, 0.29) is 11.6 Å². The van der Waals surface area contributed by atoms with Crippen LogP contribution < -0.4 is 5.73 Å². The Labute approximate surface area is 79.7 Å². The van der Waals surface area contributed by atoms with E-state index < -0.39 is 4.92 Å². The van der Waals surface area contributed by atoms with Crippen LogP contribution in [0.5, 0.6) is 0 Å². The van der Waals surface area contributed by atoms with Gasteiger partial charge < -0.3 is 5.73 Å². The molecule has 0 atom stereocenters. The molecule has 1 aromatic rings. The molecule has 1 rings (SSSR count). The monoisotopic (exact) mass is 192 g/mol.